The summed E-state index contributed by atoms with van der Waals surface area (Å²) in [6.45, 7) is 4.67. The molecule has 4 atom stereocenters. The predicted octanol–water partition coefficient (Wildman–Crippen LogP) is 1.46. The zero-order valence-corrected chi connectivity index (χ0v) is 21.2. The zero-order valence-electron chi connectivity index (χ0n) is 18.1. The van der Waals surface area contributed by atoms with E-state index in [1.54, 1.807) is 6.92 Å². The van der Waals surface area contributed by atoms with Gasteiger partial charge < -0.3 is 0 Å². The lowest BCUT2D eigenvalue weighted by Gasteiger charge is -2.32. The molecule has 1 amide bonds. The van der Waals surface area contributed by atoms with Gasteiger partial charge in [-0.15, -0.1) is 0 Å². The summed E-state index contributed by atoms with van der Waals surface area (Å²) in [5.41, 5.74) is -0.0781. The number of fused-ring (bicyclic) bond motifs is 2. The number of hydrogen-bond donors (Lipinski definition) is 4. The molecule has 0 aliphatic heterocycles. The number of hydrogen-bond acceptors (Lipinski definition) is 7. The van der Waals surface area contributed by atoms with Gasteiger partial charge in [-0.25, -0.2) is 31.8 Å². The van der Waals surface area contributed by atoms with Crippen LogP contribution in [-0.2, 0) is 29.6 Å². The Hall–Kier alpha value is -1.28. The quantitative estimate of drug-likeness (QED) is 0.286. The van der Waals surface area contributed by atoms with Crippen LogP contribution in [0.15, 0.2) is 23.1 Å². The molecule has 2 aliphatic rings. The molecular formula is C19H25Cl2N3O7S2. The van der Waals surface area contributed by atoms with E-state index in [4.69, 9.17) is 28.4 Å². The number of nitrogens with one attached hydrogen (secondary N) is 3. The van der Waals surface area contributed by atoms with E-state index >= 15 is 0 Å². The summed E-state index contributed by atoms with van der Waals surface area (Å²) in [6.07, 6.45) is 1.09. The lowest BCUT2D eigenvalue weighted by Crippen LogP contribution is -2.55. The molecule has 0 saturated heterocycles. The maximum Gasteiger partial charge on any atom is 0.262 e. The first-order valence-corrected chi connectivity index (χ1v) is 13.8. The molecule has 2 aliphatic carbocycles. The summed E-state index contributed by atoms with van der Waals surface area (Å²) in [5, 5.41) is 7.62. The summed E-state index contributed by atoms with van der Waals surface area (Å²) in [4.78, 5) is 24.8. The van der Waals surface area contributed by atoms with Crippen LogP contribution in [-0.4, -0.2) is 51.6 Å². The highest BCUT2D eigenvalue weighted by atomic mass is 35.5. The van der Waals surface area contributed by atoms with Crippen molar-refractivity contribution in [2.24, 2.45) is 16.7 Å². The van der Waals surface area contributed by atoms with Gasteiger partial charge in [-0.2, -0.15) is 0 Å². The van der Waals surface area contributed by atoms with Crippen molar-refractivity contribution in [2.45, 2.75) is 49.8 Å². The average molecular weight is 542 g/mol. The summed E-state index contributed by atoms with van der Waals surface area (Å²) >= 11 is 11.7. The smallest absolute Gasteiger partial charge is 0.262 e. The minimum Gasteiger partial charge on any atom is -0.298 e. The van der Waals surface area contributed by atoms with Crippen molar-refractivity contribution in [3.8, 4) is 0 Å². The van der Waals surface area contributed by atoms with Crippen molar-refractivity contribution >= 4 is 54.9 Å². The Labute approximate surface area is 202 Å². The number of Topliss-reactive ketones (excluding diaryl/α,β-unsaturated/α-hetero) is 1. The van der Waals surface area contributed by atoms with Crippen molar-refractivity contribution < 1.29 is 31.6 Å². The number of hydroxylamine groups is 1. The summed E-state index contributed by atoms with van der Waals surface area (Å²) in [7, 11) is -8.71. The van der Waals surface area contributed by atoms with Crippen LogP contribution in [0.1, 0.15) is 33.6 Å². The number of halogens is 2. The number of rotatable bonds is 8. The fourth-order valence-corrected chi connectivity index (χ4v) is 8.84. The van der Waals surface area contributed by atoms with E-state index in [-0.39, 0.29) is 14.9 Å². The molecule has 1 aromatic rings. The molecule has 10 nitrogen and oxygen atoms in total. The Bertz CT molecular complexity index is 1200. The summed E-state index contributed by atoms with van der Waals surface area (Å²) in [5.74, 6) is -2.11. The third-order valence-electron chi connectivity index (χ3n) is 7.20. The van der Waals surface area contributed by atoms with Crippen molar-refractivity contribution in [1.82, 2.24) is 14.9 Å². The third-order valence-corrected chi connectivity index (χ3v) is 11.2. The Morgan fingerprint density at radius 1 is 1.21 bits per heavy atom. The first-order valence-electron chi connectivity index (χ1n) is 10.0. The fourth-order valence-electron chi connectivity index (χ4n) is 4.85. The van der Waals surface area contributed by atoms with Crippen LogP contribution >= 0.6 is 23.2 Å². The number of carbonyl (C=O) groups is 2. The molecule has 4 N–H and O–H groups in total. The molecule has 2 saturated carbocycles. The summed E-state index contributed by atoms with van der Waals surface area (Å²) in [6, 6.07) is 2.00. The van der Waals surface area contributed by atoms with Crippen LogP contribution in [0.5, 0.6) is 0 Å². The normalized spacial score (nSPS) is 27.5. The summed E-state index contributed by atoms with van der Waals surface area (Å²) < 4.78 is 55.8. The van der Waals surface area contributed by atoms with Crippen LogP contribution < -0.4 is 14.9 Å². The minimum absolute atomic E-state index is 0.0936. The Kier molecular flexibility index (Phi) is 6.97. The van der Waals surface area contributed by atoms with E-state index in [0.717, 1.165) is 6.07 Å². The molecule has 2 fully saturated rings. The Balaban J connectivity index is 1.84. The van der Waals surface area contributed by atoms with Crippen molar-refractivity contribution in [1.29, 1.82) is 0 Å². The molecule has 3 rings (SSSR count). The molecule has 4 unspecified atom stereocenters. The van der Waals surface area contributed by atoms with E-state index in [9.17, 15) is 26.4 Å². The number of carbonyl (C=O) groups excluding carboxylic acids is 2. The highest BCUT2D eigenvalue weighted by Crippen LogP contribution is 2.64. The molecule has 2 bridgehead atoms. The van der Waals surface area contributed by atoms with Crippen LogP contribution in [0, 0.1) is 16.7 Å². The minimum atomic E-state index is -4.40. The van der Waals surface area contributed by atoms with Gasteiger partial charge in [0.05, 0.1) is 5.02 Å². The van der Waals surface area contributed by atoms with Gasteiger partial charge in [0.2, 0.25) is 20.0 Å². The largest absolute Gasteiger partial charge is 0.298 e. The van der Waals surface area contributed by atoms with Crippen molar-refractivity contribution in [2.75, 3.05) is 6.54 Å². The van der Waals surface area contributed by atoms with Crippen LogP contribution in [0.2, 0.25) is 10.0 Å². The lowest BCUT2D eigenvalue weighted by molar-refractivity contribution is -0.131. The molecule has 14 heteroatoms. The molecule has 184 valence electrons. The number of benzene rings is 1. The van der Waals surface area contributed by atoms with Crippen LogP contribution in [0.25, 0.3) is 0 Å². The SMILES string of the molecule is CC12CCC(C(S(=O)(=O)NC(CNS(=O)(=O)c3cc(Cl)ccc3Cl)C(=O)NO)C1=O)C2(C)C. The average Bonchev–Trinajstić information content (AvgIpc) is 3.04. The van der Waals surface area contributed by atoms with Gasteiger partial charge in [-0.3, -0.25) is 14.8 Å². The van der Waals surface area contributed by atoms with E-state index < -0.39 is 66.3 Å². The molecule has 1 aromatic carbocycles. The van der Waals surface area contributed by atoms with E-state index in [0.29, 0.717) is 12.8 Å². The van der Waals surface area contributed by atoms with Gasteiger partial charge in [0.25, 0.3) is 5.91 Å². The maximum absolute atomic E-state index is 13.2. The van der Waals surface area contributed by atoms with Crippen molar-refractivity contribution in [3.05, 3.63) is 28.2 Å². The lowest BCUT2D eigenvalue weighted by atomic mass is 9.70. The number of amides is 1. The third kappa shape index (κ3) is 4.42. The van der Waals surface area contributed by atoms with Gasteiger partial charge in [0.15, 0.2) is 5.78 Å². The van der Waals surface area contributed by atoms with E-state index in [2.05, 4.69) is 9.44 Å². The van der Waals surface area contributed by atoms with Gasteiger partial charge in [-0.05, 0) is 42.4 Å². The van der Waals surface area contributed by atoms with Gasteiger partial charge in [-0.1, -0.05) is 44.0 Å². The highest BCUT2D eigenvalue weighted by molar-refractivity contribution is 7.91. The Morgan fingerprint density at radius 3 is 2.39 bits per heavy atom. The second kappa shape index (κ2) is 8.74. The first kappa shape index (κ1) is 26.3. The monoisotopic (exact) mass is 541 g/mol. The predicted molar refractivity (Wildman–Crippen MR) is 121 cm³/mol. The topological polar surface area (TPSA) is 159 Å². The molecule has 0 heterocycles. The first-order chi connectivity index (χ1) is 15.1. The fraction of sp³-hybridized carbons (Fsp3) is 0.579. The van der Waals surface area contributed by atoms with E-state index in [1.807, 2.05) is 13.8 Å². The molecule has 0 spiro atoms. The highest BCUT2D eigenvalue weighted by Gasteiger charge is 2.69. The van der Waals surface area contributed by atoms with Crippen molar-refractivity contribution in [3.63, 3.8) is 0 Å². The number of sulfonamides is 2. The van der Waals surface area contributed by atoms with Crippen LogP contribution in [0.4, 0.5) is 0 Å². The van der Waals surface area contributed by atoms with E-state index in [1.165, 1.54) is 17.6 Å². The van der Waals surface area contributed by atoms with Gasteiger partial charge >= 0.3 is 0 Å². The number of ketones is 1. The molecular weight excluding hydrogens is 517 g/mol. The zero-order chi connectivity index (χ0) is 25.0. The standard InChI is InChI=1S/C19H25Cl2N3O7S2/c1-18(2)11-6-7-19(18,3)16(25)15(11)33(30,31)24-13(17(26)23-27)9-22-32(28,29)14-8-10(20)4-5-12(14)21/h4-5,8,11,13,15,22,24,27H,6-7,9H2,1-3H3,(H,23,26). The van der Waals surface area contributed by atoms with Gasteiger partial charge in [0.1, 0.15) is 16.2 Å². The molecule has 33 heavy (non-hydrogen) atoms. The second-order valence-electron chi connectivity index (χ2n) is 9.10. The maximum atomic E-state index is 13.2. The van der Waals surface area contributed by atoms with Crippen LogP contribution in [0.3, 0.4) is 0 Å². The Morgan fingerprint density at radius 2 is 1.85 bits per heavy atom. The molecule has 0 radical (unpaired) electrons. The molecule has 0 aromatic heterocycles. The second-order valence-corrected chi connectivity index (χ2v) is 13.5. The van der Waals surface area contributed by atoms with Gasteiger partial charge in [0, 0.05) is 17.0 Å².